The molecule has 0 amide bonds. The quantitative estimate of drug-likeness (QED) is 0.109. The van der Waals surface area contributed by atoms with E-state index in [1.165, 1.54) is 77.0 Å². The Balaban J connectivity index is 1.68. The predicted octanol–water partition coefficient (Wildman–Crippen LogP) is 9.78. The summed E-state index contributed by atoms with van der Waals surface area (Å²) in [5, 5.41) is 3.21. The highest BCUT2D eigenvalue weighted by Crippen LogP contribution is 2.40. The summed E-state index contributed by atoms with van der Waals surface area (Å²) < 4.78 is 23.0. The Bertz CT molecular complexity index is 1250. The Morgan fingerprint density at radius 2 is 1.43 bits per heavy atom. The van der Waals surface area contributed by atoms with E-state index in [4.69, 9.17) is 23.9 Å². The fraction of sp³-hybridized carbons (Fsp3) is 0.590. The number of carbonyl (C=O) groups excluding carboxylic acids is 1. The second-order valence-corrected chi connectivity index (χ2v) is 12.6. The van der Waals surface area contributed by atoms with Gasteiger partial charge >= 0.3 is 5.97 Å². The number of aryl methyl sites for hydroxylation is 1. The summed E-state index contributed by atoms with van der Waals surface area (Å²) in [6.07, 6.45) is 17.7. The summed E-state index contributed by atoms with van der Waals surface area (Å²) in [4.78, 5) is 18.4. The smallest absolute Gasteiger partial charge is 0.338 e. The summed E-state index contributed by atoms with van der Waals surface area (Å²) in [7, 11) is 3.32. The van der Waals surface area contributed by atoms with Crippen LogP contribution in [0, 0.1) is 0 Å². The number of methoxy groups -OCH3 is 2. The van der Waals surface area contributed by atoms with Crippen molar-refractivity contribution in [3.05, 3.63) is 70.4 Å². The van der Waals surface area contributed by atoms with Crippen molar-refractivity contribution in [1.82, 2.24) is 5.32 Å². The molecule has 0 saturated heterocycles. The maximum atomic E-state index is 13.5. The van der Waals surface area contributed by atoms with Gasteiger partial charge < -0.3 is 24.3 Å². The number of aliphatic imine (C=N–C) groups is 1. The van der Waals surface area contributed by atoms with Crippen LogP contribution in [0.1, 0.15) is 134 Å². The summed E-state index contributed by atoms with van der Waals surface area (Å²) in [6.45, 7) is 8.18. The van der Waals surface area contributed by atoms with Gasteiger partial charge in [0.05, 0.1) is 25.9 Å². The number of unbranched alkanes of at least 4 members (excludes halogenated alkanes) is 12. The molecule has 254 valence electrons. The Labute approximate surface area is 278 Å². The first-order valence-corrected chi connectivity index (χ1v) is 17.6. The standard InChI is InChI=1S/C39H58N2O5/c1-7-8-9-10-11-12-13-14-15-16-17-18-19-21-32-22-20-23-34(44-6)36(32)37-35(38(42)46-29(2)3)30(4)40-39(41-37)45-28-31-24-26-33(43-5)27-25-31/h20,22-27,29,37H,7-19,21,28H2,1-6H3,(H,40,41). The van der Waals surface area contributed by atoms with Crippen LogP contribution in [0.15, 0.2) is 58.7 Å². The predicted molar refractivity (Wildman–Crippen MR) is 187 cm³/mol. The van der Waals surface area contributed by atoms with Gasteiger partial charge in [0.2, 0.25) is 0 Å². The van der Waals surface area contributed by atoms with Crippen molar-refractivity contribution < 1.29 is 23.7 Å². The molecule has 1 N–H and O–H groups in total. The maximum absolute atomic E-state index is 13.5. The van der Waals surface area contributed by atoms with Crippen LogP contribution in [0.5, 0.6) is 11.5 Å². The van der Waals surface area contributed by atoms with Gasteiger partial charge in [-0.1, -0.05) is 108 Å². The number of nitrogens with zero attached hydrogens (tertiary/aromatic N) is 1. The van der Waals surface area contributed by atoms with Crippen LogP contribution in [0.2, 0.25) is 0 Å². The van der Waals surface area contributed by atoms with Crippen LogP contribution in [-0.2, 0) is 27.3 Å². The van der Waals surface area contributed by atoms with E-state index in [1.54, 1.807) is 14.2 Å². The number of carbonyl (C=O) groups is 1. The zero-order valence-corrected chi connectivity index (χ0v) is 29.3. The minimum Gasteiger partial charge on any atom is -0.497 e. The molecule has 0 saturated carbocycles. The molecule has 3 rings (SSSR count). The van der Waals surface area contributed by atoms with E-state index in [0.717, 1.165) is 35.3 Å². The van der Waals surface area contributed by atoms with E-state index in [0.29, 0.717) is 29.6 Å². The highest BCUT2D eigenvalue weighted by molar-refractivity contribution is 5.94. The topological polar surface area (TPSA) is 78.4 Å². The maximum Gasteiger partial charge on any atom is 0.338 e. The van der Waals surface area contributed by atoms with Crippen molar-refractivity contribution in [2.75, 3.05) is 14.2 Å². The van der Waals surface area contributed by atoms with E-state index >= 15 is 0 Å². The van der Waals surface area contributed by atoms with Gasteiger partial charge in [-0.15, -0.1) is 0 Å². The SMILES string of the molecule is CCCCCCCCCCCCCCCc1cccc(OC)c1C1N=C(OCc2ccc(OC)cc2)NC(C)=C1C(=O)OC(C)C. The molecular weight excluding hydrogens is 576 g/mol. The average molecular weight is 635 g/mol. The highest BCUT2D eigenvalue weighted by atomic mass is 16.5. The summed E-state index contributed by atoms with van der Waals surface area (Å²) >= 11 is 0. The van der Waals surface area contributed by atoms with Gasteiger partial charge in [0, 0.05) is 11.3 Å². The monoisotopic (exact) mass is 634 g/mol. The lowest BCUT2D eigenvalue weighted by molar-refractivity contribution is -0.143. The molecule has 1 aliphatic rings. The zero-order valence-electron chi connectivity index (χ0n) is 29.3. The fourth-order valence-corrected chi connectivity index (χ4v) is 5.97. The summed E-state index contributed by atoms with van der Waals surface area (Å²) in [6, 6.07) is 13.6. The van der Waals surface area contributed by atoms with Gasteiger partial charge in [-0.25, -0.2) is 9.79 Å². The molecule has 1 aliphatic heterocycles. The van der Waals surface area contributed by atoms with E-state index in [2.05, 4.69) is 18.3 Å². The number of hydrogen-bond acceptors (Lipinski definition) is 7. The van der Waals surface area contributed by atoms with Crippen molar-refractivity contribution in [3.63, 3.8) is 0 Å². The number of allylic oxidation sites excluding steroid dienone is 1. The zero-order chi connectivity index (χ0) is 33.1. The minimum atomic E-state index is -0.619. The first kappa shape index (κ1) is 37.0. The van der Waals surface area contributed by atoms with E-state index in [9.17, 15) is 4.79 Å². The third-order valence-electron chi connectivity index (χ3n) is 8.51. The molecule has 1 atom stereocenters. The molecule has 7 heteroatoms. The minimum absolute atomic E-state index is 0.256. The first-order valence-electron chi connectivity index (χ1n) is 17.6. The number of benzene rings is 2. The van der Waals surface area contributed by atoms with Crippen LogP contribution in [0.4, 0.5) is 0 Å². The number of ether oxygens (including phenoxy) is 4. The Hall–Kier alpha value is -3.48. The number of amidine groups is 1. The van der Waals surface area contributed by atoms with Crippen molar-refractivity contribution in [1.29, 1.82) is 0 Å². The largest absolute Gasteiger partial charge is 0.497 e. The van der Waals surface area contributed by atoms with E-state index in [-0.39, 0.29) is 12.1 Å². The third-order valence-corrected chi connectivity index (χ3v) is 8.51. The molecular formula is C39H58N2O5. The molecule has 46 heavy (non-hydrogen) atoms. The fourth-order valence-electron chi connectivity index (χ4n) is 5.97. The number of nitrogens with one attached hydrogen (secondary N) is 1. The summed E-state index contributed by atoms with van der Waals surface area (Å²) in [5.74, 6) is 1.11. The number of esters is 1. The second kappa shape index (κ2) is 20.6. The van der Waals surface area contributed by atoms with E-state index in [1.807, 2.05) is 57.2 Å². The summed E-state index contributed by atoms with van der Waals surface area (Å²) in [5.41, 5.74) is 4.14. The van der Waals surface area contributed by atoms with E-state index < -0.39 is 6.04 Å². The molecule has 0 aliphatic carbocycles. The van der Waals surface area contributed by atoms with Gasteiger partial charge in [0.15, 0.2) is 0 Å². The molecule has 7 nitrogen and oxygen atoms in total. The lowest BCUT2D eigenvalue weighted by atomic mass is 9.89. The highest BCUT2D eigenvalue weighted by Gasteiger charge is 2.34. The molecule has 0 spiro atoms. The first-order chi connectivity index (χ1) is 22.4. The molecule has 0 bridgehead atoms. The lowest BCUT2D eigenvalue weighted by Crippen LogP contribution is -2.34. The van der Waals surface area contributed by atoms with Gasteiger partial charge in [0.1, 0.15) is 24.1 Å². The van der Waals surface area contributed by atoms with Crippen LogP contribution in [0.25, 0.3) is 0 Å². The van der Waals surface area contributed by atoms with Crippen LogP contribution in [-0.4, -0.2) is 32.3 Å². The molecule has 0 radical (unpaired) electrons. The van der Waals surface area contributed by atoms with Gasteiger partial charge in [-0.3, -0.25) is 0 Å². The molecule has 2 aromatic carbocycles. The molecule has 0 aromatic heterocycles. The average Bonchev–Trinajstić information content (AvgIpc) is 3.05. The van der Waals surface area contributed by atoms with Crippen LogP contribution in [0.3, 0.4) is 0 Å². The van der Waals surface area contributed by atoms with Gasteiger partial charge in [0.25, 0.3) is 6.02 Å². The number of hydrogen-bond donors (Lipinski definition) is 1. The molecule has 1 unspecified atom stereocenters. The Morgan fingerprint density at radius 3 is 2.00 bits per heavy atom. The van der Waals surface area contributed by atoms with Crippen molar-refractivity contribution in [2.24, 2.45) is 4.99 Å². The van der Waals surface area contributed by atoms with Gasteiger partial charge in [-0.2, -0.15) is 0 Å². The molecule has 1 heterocycles. The van der Waals surface area contributed by atoms with Crippen molar-refractivity contribution in [2.45, 2.75) is 136 Å². The Kier molecular flexibility index (Phi) is 16.6. The normalized spacial score (nSPS) is 14.6. The number of rotatable bonds is 21. The van der Waals surface area contributed by atoms with Gasteiger partial charge in [-0.05, 0) is 62.9 Å². The van der Waals surface area contributed by atoms with Crippen LogP contribution >= 0.6 is 0 Å². The lowest BCUT2D eigenvalue weighted by Gasteiger charge is -2.28. The third kappa shape index (κ3) is 12.0. The van der Waals surface area contributed by atoms with Crippen LogP contribution < -0.4 is 14.8 Å². The van der Waals surface area contributed by atoms with Crippen molar-refractivity contribution in [3.8, 4) is 11.5 Å². The Morgan fingerprint density at radius 1 is 0.826 bits per heavy atom. The molecule has 2 aromatic rings. The second-order valence-electron chi connectivity index (χ2n) is 12.6. The van der Waals surface area contributed by atoms with Crippen molar-refractivity contribution >= 4 is 12.0 Å². The molecule has 0 fully saturated rings.